The van der Waals surface area contributed by atoms with Gasteiger partial charge in [0.25, 0.3) is 5.91 Å². The standard InChI is InChI=1S/C22H18FN3OS/c1-15-12-16(23)9-10-19(15)25-22(27)18-6-2-3-7-20(18)28-14-17-13-26-11-5-4-8-21(26)24-17/h2-13H,14H2,1H3,(H,25,27). The summed E-state index contributed by atoms with van der Waals surface area (Å²) in [7, 11) is 0. The number of nitrogens with one attached hydrogen (secondary N) is 1. The summed E-state index contributed by atoms with van der Waals surface area (Å²) in [5.41, 5.74) is 3.71. The quantitative estimate of drug-likeness (QED) is 0.468. The molecule has 0 fully saturated rings. The lowest BCUT2D eigenvalue weighted by molar-refractivity contribution is 0.102. The number of amides is 1. The number of anilines is 1. The predicted molar refractivity (Wildman–Crippen MR) is 110 cm³/mol. The molecule has 140 valence electrons. The van der Waals surface area contributed by atoms with Crippen molar-refractivity contribution in [2.75, 3.05) is 5.32 Å². The van der Waals surface area contributed by atoms with Crippen molar-refractivity contribution < 1.29 is 9.18 Å². The zero-order valence-corrected chi connectivity index (χ0v) is 16.0. The number of nitrogens with zero attached hydrogens (tertiary/aromatic N) is 2. The van der Waals surface area contributed by atoms with Crippen molar-refractivity contribution in [1.29, 1.82) is 0 Å². The molecule has 0 aliphatic rings. The van der Waals surface area contributed by atoms with E-state index in [0.717, 1.165) is 16.2 Å². The van der Waals surface area contributed by atoms with Crippen molar-refractivity contribution in [2.24, 2.45) is 0 Å². The summed E-state index contributed by atoms with van der Waals surface area (Å²) >= 11 is 1.56. The molecule has 4 aromatic rings. The zero-order valence-electron chi connectivity index (χ0n) is 15.2. The summed E-state index contributed by atoms with van der Waals surface area (Å²) in [6.07, 6.45) is 3.95. The number of benzene rings is 2. The maximum atomic E-state index is 13.3. The minimum absolute atomic E-state index is 0.215. The van der Waals surface area contributed by atoms with Crippen LogP contribution in [0.5, 0.6) is 0 Å². The molecule has 0 saturated heterocycles. The summed E-state index contributed by atoms with van der Waals surface area (Å²) < 4.78 is 15.3. The monoisotopic (exact) mass is 391 g/mol. The minimum Gasteiger partial charge on any atom is -0.322 e. The van der Waals surface area contributed by atoms with Gasteiger partial charge in [-0.3, -0.25) is 4.79 Å². The highest BCUT2D eigenvalue weighted by Crippen LogP contribution is 2.27. The van der Waals surface area contributed by atoms with Gasteiger partial charge in [0.1, 0.15) is 11.5 Å². The molecular weight excluding hydrogens is 373 g/mol. The lowest BCUT2D eigenvalue weighted by Crippen LogP contribution is -2.13. The minimum atomic E-state index is -0.320. The molecular formula is C22H18FN3OS. The Bertz CT molecular complexity index is 1120. The molecule has 1 N–H and O–H groups in total. The molecule has 0 spiro atoms. The molecule has 6 heteroatoms. The van der Waals surface area contributed by atoms with Gasteiger partial charge in [-0.25, -0.2) is 9.37 Å². The van der Waals surface area contributed by atoms with Crippen LogP contribution in [0.15, 0.2) is 78.0 Å². The first kappa shape index (κ1) is 18.3. The van der Waals surface area contributed by atoms with E-state index in [1.165, 1.54) is 12.1 Å². The summed E-state index contributed by atoms with van der Waals surface area (Å²) in [4.78, 5) is 18.3. The largest absolute Gasteiger partial charge is 0.322 e. The molecule has 0 unspecified atom stereocenters. The number of fused-ring (bicyclic) bond motifs is 1. The van der Waals surface area contributed by atoms with Crippen molar-refractivity contribution in [3.63, 3.8) is 0 Å². The van der Waals surface area contributed by atoms with Crippen molar-refractivity contribution in [2.45, 2.75) is 17.6 Å². The average molecular weight is 391 g/mol. The fraction of sp³-hybridized carbons (Fsp3) is 0.0909. The van der Waals surface area contributed by atoms with E-state index < -0.39 is 0 Å². The number of hydrogen-bond acceptors (Lipinski definition) is 3. The van der Waals surface area contributed by atoms with Crippen LogP contribution in [-0.2, 0) is 5.75 Å². The lowest BCUT2D eigenvalue weighted by atomic mass is 10.1. The van der Waals surface area contributed by atoms with E-state index in [0.29, 0.717) is 22.6 Å². The molecule has 0 saturated carbocycles. The molecule has 4 nitrogen and oxygen atoms in total. The topological polar surface area (TPSA) is 46.4 Å². The molecule has 28 heavy (non-hydrogen) atoms. The van der Waals surface area contributed by atoms with Crippen molar-refractivity contribution in [3.05, 3.63) is 95.7 Å². The molecule has 2 aromatic heterocycles. The molecule has 0 aliphatic heterocycles. The Morgan fingerprint density at radius 1 is 1.14 bits per heavy atom. The van der Waals surface area contributed by atoms with Gasteiger partial charge in [0.15, 0.2) is 0 Å². The number of thioether (sulfide) groups is 1. The van der Waals surface area contributed by atoms with Crippen LogP contribution in [-0.4, -0.2) is 15.3 Å². The van der Waals surface area contributed by atoms with E-state index in [9.17, 15) is 9.18 Å². The number of pyridine rings is 1. The first-order chi connectivity index (χ1) is 13.6. The van der Waals surface area contributed by atoms with E-state index >= 15 is 0 Å². The molecule has 0 bridgehead atoms. The Morgan fingerprint density at radius 3 is 2.79 bits per heavy atom. The van der Waals surface area contributed by atoms with Gasteiger partial charge in [0, 0.05) is 28.7 Å². The van der Waals surface area contributed by atoms with Crippen LogP contribution in [0.4, 0.5) is 10.1 Å². The van der Waals surface area contributed by atoms with Gasteiger partial charge >= 0.3 is 0 Å². The van der Waals surface area contributed by atoms with Crippen LogP contribution in [0, 0.1) is 12.7 Å². The van der Waals surface area contributed by atoms with Gasteiger partial charge in [-0.2, -0.15) is 0 Å². The van der Waals surface area contributed by atoms with E-state index in [2.05, 4.69) is 10.3 Å². The van der Waals surface area contributed by atoms with Gasteiger partial charge in [0.05, 0.1) is 11.3 Å². The highest BCUT2D eigenvalue weighted by molar-refractivity contribution is 7.98. The first-order valence-corrected chi connectivity index (χ1v) is 9.81. The molecule has 2 aromatic carbocycles. The Hall–Kier alpha value is -3.12. The number of hydrogen-bond donors (Lipinski definition) is 1. The van der Waals surface area contributed by atoms with Gasteiger partial charge in [-0.1, -0.05) is 18.2 Å². The molecule has 0 radical (unpaired) electrons. The van der Waals surface area contributed by atoms with Gasteiger partial charge in [-0.05, 0) is 55.0 Å². The highest BCUT2D eigenvalue weighted by atomic mass is 32.2. The summed E-state index contributed by atoms with van der Waals surface area (Å²) in [5.74, 6) is 0.119. The number of imidazole rings is 1. The Morgan fingerprint density at radius 2 is 1.96 bits per heavy atom. The SMILES string of the molecule is Cc1cc(F)ccc1NC(=O)c1ccccc1SCc1cn2ccccc2n1. The number of halogens is 1. The second-order valence-electron chi connectivity index (χ2n) is 6.40. The number of aromatic nitrogens is 2. The second kappa shape index (κ2) is 7.86. The average Bonchev–Trinajstić information content (AvgIpc) is 3.12. The Balaban J connectivity index is 1.52. The van der Waals surface area contributed by atoms with Crippen LogP contribution in [0.25, 0.3) is 5.65 Å². The van der Waals surface area contributed by atoms with E-state index in [1.54, 1.807) is 30.8 Å². The summed E-state index contributed by atoms with van der Waals surface area (Å²) in [5, 5.41) is 2.88. The fourth-order valence-corrected chi connectivity index (χ4v) is 3.88. The zero-order chi connectivity index (χ0) is 19.5. The van der Waals surface area contributed by atoms with Gasteiger partial charge in [0.2, 0.25) is 0 Å². The van der Waals surface area contributed by atoms with E-state index in [4.69, 9.17) is 0 Å². The predicted octanol–water partition coefficient (Wildman–Crippen LogP) is 5.33. The van der Waals surface area contributed by atoms with E-state index in [-0.39, 0.29) is 11.7 Å². The molecule has 2 heterocycles. The number of rotatable bonds is 5. The molecule has 0 atom stereocenters. The van der Waals surface area contributed by atoms with Crippen molar-refractivity contribution in [1.82, 2.24) is 9.38 Å². The van der Waals surface area contributed by atoms with Crippen LogP contribution in [0.1, 0.15) is 21.6 Å². The first-order valence-electron chi connectivity index (χ1n) is 8.82. The Kier molecular flexibility index (Phi) is 5.12. The lowest BCUT2D eigenvalue weighted by Gasteiger charge is -2.11. The third-order valence-electron chi connectivity index (χ3n) is 4.36. The molecule has 0 aliphatic carbocycles. The molecule has 1 amide bonds. The maximum Gasteiger partial charge on any atom is 0.256 e. The van der Waals surface area contributed by atoms with Gasteiger partial charge in [-0.15, -0.1) is 11.8 Å². The third-order valence-corrected chi connectivity index (χ3v) is 5.46. The van der Waals surface area contributed by atoms with Crippen LogP contribution < -0.4 is 5.32 Å². The van der Waals surface area contributed by atoms with Gasteiger partial charge < -0.3 is 9.72 Å². The van der Waals surface area contributed by atoms with E-state index in [1.807, 2.05) is 53.2 Å². The van der Waals surface area contributed by atoms with Crippen molar-refractivity contribution in [3.8, 4) is 0 Å². The van der Waals surface area contributed by atoms with Crippen LogP contribution >= 0.6 is 11.8 Å². The van der Waals surface area contributed by atoms with Crippen LogP contribution in [0.3, 0.4) is 0 Å². The maximum absolute atomic E-state index is 13.3. The fourth-order valence-electron chi connectivity index (χ4n) is 2.95. The van der Waals surface area contributed by atoms with Crippen LogP contribution in [0.2, 0.25) is 0 Å². The highest BCUT2D eigenvalue weighted by Gasteiger charge is 2.13. The Labute approximate surface area is 166 Å². The normalized spacial score (nSPS) is 10.9. The second-order valence-corrected chi connectivity index (χ2v) is 7.41. The number of aryl methyl sites for hydroxylation is 1. The summed E-state index contributed by atoms with van der Waals surface area (Å²) in [6.45, 7) is 1.77. The smallest absolute Gasteiger partial charge is 0.256 e. The number of carbonyl (C=O) groups is 1. The van der Waals surface area contributed by atoms with Crippen molar-refractivity contribution >= 4 is 29.0 Å². The number of carbonyl (C=O) groups excluding carboxylic acids is 1. The molecule has 4 rings (SSSR count). The third kappa shape index (κ3) is 3.92. The summed E-state index contributed by atoms with van der Waals surface area (Å²) in [6, 6.07) is 17.7.